The molecule has 0 atom stereocenters. The maximum atomic E-state index is 13.1. The summed E-state index contributed by atoms with van der Waals surface area (Å²) < 4.78 is 20.3. The number of aromatic nitrogens is 3. The SMILES string of the molecule is O=C(CCCOc1ccccc1)Nc1nc2scc(-c3ccc(F)cc3)n2n1. The Labute approximate surface area is 164 Å². The second-order valence-electron chi connectivity index (χ2n) is 6.07. The molecule has 1 N–H and O–H groups in total. The van der Waals surface area contributed by atoms with E-state index in [0.717, 1.165) is 17.0 Å². The summed E-state index contributed by atoms with van der Waals surface area (Å²) in [6.07, 6.45) is 0.897. The van der Waals surface area contributed by atoms with Gasteiger partial charge < -0.3 is 4.74 Å². The first-order valence-electron chi connectivity index (χ1n) is 8.77. The predicted octanol–water partition coefficient (Wildman–Crippen LogP) is 4.39. The number of benzene rings is 2. The number of anilines is 1. The van der Waals surface area contributed by atoms with Crippen LogP contribution in [0.1, 0.15) is 12.8 Å². The number of ether oxygens (including phenoxy) is 1. The molecule has 0 radical (unpaired) electrons. The molecule has 0 spiro atoms. The van der Waals surface area contributed by atoms with Gasteiger partial charge in [-0.15, -0.1) is 16.4 Å². The maximum absolute atomic E-state index is 13.1. The molecule has 6 nitrogen and oxygen atoms in total. The Bertz CT molecular complexity index is 1080. The topological polar surface area (TPSA) is 68.5 Å². The molecule has 8 heteroatoms. The van der Waals surface area contributed by atoms with Crippen molar-refractivity contribution in [2.45, 2.75) is 12.8 Å². The van der Waals surface area contributed by atoms with Crippen molar-refractivity contribution in [3.8, 4) is 17.0 Å². The second kappa shape index (κ2) is 8.18. The van der Waals surface area contributed by atoms with Crippen molar-refractivity contribution in [1.82, 2.24) is 14.6 Å². The average Bonchev–Trinajstić information content (AvgIpc) is 3.27. The summed E-state index contributed by atoms with van der Waals surface area (Å²) in [5.41, 5.74) is 1.62. The van der Waals surface area contributed by atoms with Crippen LogP contribution in [0.4, 0.5) is 10.3 Å². The third-order valence-electron chi connectivity index (χ3n) is 4.03. The van der Waals surface area contributed by atoms with Crippen LogP contribution < -0.4 is 10.1 Å². The van der Waals surface area contributed by atoms with E-state index in [9.17, 15) is 9.18 Å². The van der Waals surface area contributed by atoms with Gasteiger partial charge in [0.15, 0.2) is 0 Å². The molecule has 0 aliphatic heterocycles. The van der Waals surface area contributed by atoms with Crippen LogP contribution >= 0.6 is 11.3 Å². The minimum atomic E-state index is -0.294. The molecule has 0 saturated heterocycles. The number of carbonyl (C=O) groups excluding carboxylic acids is 1. The molecule has 4 aromatic rings. The second-order valence-corrected chi connectivity index (χ2v) is 6.91. The van der Waals surface area contributed by atoms with Crippen LogP contribution in [-0.2, 0) is 4.79 Å². The summed E-state index contributed by atoms with van der Waals surface area (Å²) in [6.45, 7) is 0.456. The van der Waals surface area contributed by atoms with Gasteiger partial charge in [-0.2, -0.15) is 4.98 Å². The molecular formula is C20H17FN4O2S. The standard InChI is InChI=1S/C20H17FN4O2S/c21-15-10-8-14(9-11-15)17-13-28-20-23-19(24-25(17)20)22-18(26)7-4-12-27-16-5-2-1-3-6-16/h1-3,5-6,8-11,13H,4,7,12H2,(H,22,24,26). The van der Waals surface area contributed by atoms with Crippen LogP contribution in [0, 0.1) is 5.82 Å². The maximum Gasteiger partial charge on any atom is 0.250 e. The number of carbonyl (C=O) groups is 1. The van der Waals surface area contributed by atoms with E-state index in [1.54, 1.807) is 16.6 Å². The molecule has 0 aliphatic carbocycles. The van der Waals surface area contributed by atoms with E-state index in [4.69, 9.17) is 4.74 Å². The van der Waals surface area contributed by atoms with Crippen molar-refractivity contribution in [1.29, 1.82) is 0 Å². The van der Waals surface area contributed by atoms with Crippen molar-refractivity contribution in [2.75, 3.05) is 11.9 Å². The number of para-hydroxylation sites is 1. The van der Waals surface area contributed by atoms with Gasteiger partial charge >= 0.3 is 0 Å². The fourth-order valence-corrected chi connectivity index (χ4v) is 3.51. The van der Waals surface area contributed by atoms with Gasteiger partial charge in [0.25, 0.3) is 0 Å². The first-order valence-corrected chi connectivity index (χ1v) is 9.65. The highest BCUT2D eigenvalue weighted by Crippen LogP contribution is 2.26. The molecule has 4 rings (SSSR count). The Morgan fingerprint density at radius 1 is 1.14 bits per heavy atom. The summed E-state index contributed by atoms with van der Waals surface area (Å²) in [4.78, 5) is 17.1. The molecule has 142 valence electrons. The molecule has 0 saturated carbocycles. The van der Waals surface area contributed by atoms with E-state index >= 15 is 0 Å². The lowest BCUT2D eigenvalue weighted by molar-refractivity contribution is -0.116. The smallest absolute Gasteiger partial charge is 0.250 e. The Hall–Kier alpha value is -3.26. The zero-order chi connectivity index (χ0) is 19.3. The normalized spacial score (nSPS) is 10.9. The van der Waals surface area contributed by atoms with Crippen molar-refractivity contribution >= 4 is 28.2 Å². The van der Waals surface area contributed by atoms with Gasteiger partial charge in [-0.05, 0) is 42.8 Å². The summed E-state index contributed by atoms with van der Waals surface area (Å²) in [5.74, 6) is 0.577. The molecule has 0 unspecified atom stereocenters. The number of rotatable bonds is 7. The molecule has 28 heavy (non-hydrogen) atoms. The lowest BCUT2D eigenvalue weighted by Gasteiger charge is -2.05. The van der Waals surface area contributed by atoms with Crippen molar-refractivity contribution in [2.24, 2.45) is 0 Å². The van der Waals surface area contributed by atoms with Gasteiger partial charge in [-0.25, -0.2) is 8.91 Å². The zero-order valence-electron chi connectivity index (χ0n) is 14.8. The number of nitrogens with zero attached hydrogens (tertiary/aromatic N) is 3. The van der Waals surface area contributed by atoms with Crippen molar-refractivity contribution in [3.05, 3.63) is 65.8 Å². The van der Waals surface area contributed by atoms with Crippen molar-refractivity contribution in [3.63, 3.8) is 0 Å². The molecule has 2 heterocycles. The Morgan fingerprint density at radius 2 is 1.93 bits per heavy atom. The van der Waals surface area contributed by atoms with Gasteiger partial charge in [0.05, 0.1) is 12.3 Å². The van der Waals surface area contributed by atoms with Crippen LogP contribution in [0.3, 0.4) is 0 Å². The minimum Gasteiger partial charge on any atom is -0.494 e. The Balaban J connectivity index is 1.34. The van der Waals surface area contributed by atoms with Crippen LogP contribution in [0.2, 0.25) is 0 Å². The summed E-state index contributed by atoms with van der Waals surface area (Å²) >= 11 is 1.40. The third kappa shape index (κ3) is 4.17. The number of amides is 1. The molecular weight excluding hydrogens is 379 g/mol. The van der Waals surface area contributed by atoms with Crippen LogP contribution in [-0.4, -0.2) is 27.1 Å². The Morgan fingerprint density at radius 3 is 2.71 bits per heavy atom. The van der Waals surface area contributed by atoms with Gasteiger partial charge in [0.1, 0.15) is 11.6 Å². The molecule has 0 fully saturated rings. The van der Waals surface area contributed by atoms with Gasteiger partial charge in [-0.1, -0.05) is 18.2 Å². The number of fused-ring (bicyclic) bond motifs is 1. The van der Waals surface area contributed by atoms with Gasteiger partial charge in [-0.3, -0.25) is 10.1 Å². The fraction of sp³-hybridized carbons (Fsp3) is 0.150. The molecule has 0 bridgehead atoms. The number of halogens is 1. The number of hydrogen-bond acceptors (Lipinski definition) is 5. The number of nitrogens with one attached hydrogen (secondary N) is 1. The van der Waals surface area contributed by atoms with E-state index in [1.165, 1.54) is 23.5 Å². The Kier molecular flexibility index (Phi) is 5.29. The molecule has 1 amide bonds. The van der Waals surface area contributed by atoms with E-state index in [0.29, 0.717) is 24.4 Å². The predicted molar refractivity (Wildman–Crippen MR) is 106 cm³/mol. The van der Waals surface area contributed by atoms with E-state index in [1.807, 2.05) is 35.7 Å². The van der Waals surface area contributed by atoms with Gasteiger partial charge in [0, 0.05) is 17.4 Å². The van der Waals surface area contributed by atoms with Crippen LogP contribution in [0.15, 0.2) is 60.0 Å². The monoisotopic (exact) mass is 396 g/mol. The average molecular weight is 396 g/mol. The first-order chi connectivity index (χ1) is 13.7. The highest BCUT2D eigenvalue weighted by atomic mass is 32.1. The first kappa shape index (κ1) is 18.1. The summed E-state index contributed by atoms with van der Waals surface area (Å²) in [7, 11) is 0. The van der Waals surface area contributed by atoms with Crippen LogP contribution in [0.25, 0.3) is 16.2 Å². The third-order valence-corrected chi connectivity index (χ3v) is 4.85. The minimum absolute atomic E-state index is 0.168. The summed E-state index contributed by atoms with van der Waals surface area (Å²) in [6, 6.07) is 15.6. The fourth-order valence-electron chi connectivity index (χ4n) is 2.68. The summed E-state index contributed by atoms with van der Waals surface area (Å²) in [5, 5.41) is 8.96. The van der Waals surface area contributed by atoms with Gasteiger partial charge in [0.2, 0.25) is 16.8 Å². The lowest BCUT2D eigenvalue weighted by atomic mass is 10.2. The molecule has 0 aliphatic rings. The highest BCUT2D eigenvalue weighted by molar-refractivity contribution is 7.15. The quantitative estimate of drug-likeness (QED) is 0.470. The highest BCUT2D eigenvalue weighted by Gasteiger charge is 2.13. The lowest BCUT2D eigenvalue weighted by Crippen LogP contribution is -2.14. The molecule has 2 aromatic heterocycles. The molecule has 2 aromatic carbocycles. The van der Waals surface area contributed by atoms with E-state index in [-0.39, 0.29) is 17.7 Å². The van der Waals surface area contributed by atoms with Crippen LogP contribution in [0.5, 0.6) is 5.75 Å². The van der Waals surface area contributed by atoms with E-state index in [2.05, 4.69) is 15.4 Å². The van der Waals surface area contributed by atoms with Crippen molar-refractivity contribution < 1.29 is 13.9 Å². The zero-order valence-corrected chi connectivity index (χ0v) is 15.7. The van der Waals surface area contributed by atoms with E-state index < -0.39 is 0 Å². The largest absolute Gasteiger partial charge is 0.494 e. The number of thiazole rings is 1. The number of hydrogen-bond donors (Lipinski definition) is 1.